The van der Waals surface area contributed by atoms with Crippen LogP contribution in [0.2, 0.25) is 0 Å². The van der Waals surface area contributed by atoms with Gasteiger partial charge < -0.3 is 0 Å². The quantitative estimate of drug-likeness (QED) is 0.719. The summed E-state index contributed by atoms with van der Waals surface area (Å²) in [5.74, 6) is -0.618. The standard InChI is InChI=1S/C7H9FN2O2S/c1-13(11,12)9-5-6-3-2-4-7(8)10-6/h2-4,9H,5H2,1H3. The van der Waals surface area contributed by atoms with Gasteiger partial charge in [-0.2, -0.15) is 4.39 Å². The van der Waals surface area contributed by atoms with E-state index < -0.39 is 16.0 Å². The largest absolute Gasteiger partial charge is 0.223 e. The van der Waals surface area contributed by atoms with Crippen LogP contribution in [0.15, 0.2) is 18.2 Å². The molecule has 0 radical (unpaired) electrons. The van der Waals surface area contributed by atoms with E-state index in [-0.39, 0.29) is 6.54 Å². The van der Waals surface area contributed by atoms with Crippen molar-refractivity contribution in [3.05, 3.63) is 29.8 Å². The van der Waals surface area contributed by atoms with E-state index in [1.807, 2.05) is 0 Å². The highest BCUT2D eigenvalue weighted by Gasteiger charge is 2.01. The van der Waals surface area contributed by atoms with Crippen molar-refractivity contribution in [1.29, 1.82) is 0 Å². The molecule has 1 aromatic rings. The van der Waals surface area contributed by atoms with E-state index in [1.54, 1.807) is 6.07 Å². The van der Waals surface area contributed by atoms with Crippen molar-refractivity contribution in [1.82, 2.24) is 9.71 Å². The van der Waals surface area contributed by atoms with Crippen LogP contribution >= 0.6 is 0 Å². The highest BCUT2D eigenvalue weighted by atomic mass is 32.2. The Bertz CT molecular complexity index is 391. The van der Waals surface area contributed by atoms with Crippen molar-refractivity contribution in [3.63, 3.8) is 0 Å². The number of rotatable bonds is 3. The van der Waals surface area contributed by atoms with E-state index in [0.717, 1.165) is 6.26 Å². The monoisotopic (exact) mass is 204 g/mol. The van der Waals surface area contributed by atoms with Crippen LogP contribution in [0.25, 0.3) is 0 Å². The zero-order valence-electron chi connectivity index (χ0n) is 6.99. The van der Waals surface area contributed by atoms with Crippen LogP contribution in [0.3, 0.4) is 0 Å². The number of hydrogen-bond acceptors (Lipinski definition) is 3. The van der Waals surface area contributed by atoms with Gasteiger partial charge in [-0.25, -0.2) is 18.1 Å². The third kappa shape index (κ3) is 3.95. The molecule has 6 heteroatoms. The fourth-order valence-electron chi connectivity index (χ4n) is 0.754. The highest BCUT2D eigenvalue weighted by Crippen LogP contribution is 1.97. The minimum Gasteiger partial charge on any atom is -0.223 e. The van der Waals surface area contributed by atoms with Gasteiger partial charge in [0.2, 0.25) is 16.0 Å². The topological polar surface area (TPSA) is 59.1 Å². The molecular formula is C7H9FN2O2S. The smallest absolute Gasteiger partial charge is 0.213 e. The van der Waals surface area contributed by atoms with Crippen LogP contribution in [0.5, 0.6) is 0 Å². The highest BCUT2D eigenvalue weighted by molar-refractivity contribution is 7.88. The van der Waals surface area contributed by atoms with Gasteiger partial charge in [-0.15, -0.1) is 0 Å². The van der Waals surface area contributed by atoms with Crippen LogP contribution in [0.4, 0.5) is 4.39 Å². The molecule has 0 saturated carbocycles. The lowest BCUT2D eigenvalue weighted by molar-refractivity contribution is 0.568. The van der Waals surface area contributed by atoms with E-state index in [9.17, 15) is 12.8 Å². The molecule has 1 rings (SSSR count). The summed E-state index contributed by atoms with van der Waals surface area (Å²) >= 11 is 0. The molecule has 0 aliphatic heterocycles. The van der Waals surface area contributed by atoms with Gasteiger partial charge in [0.1, 0.15) is 0 Å². The van der Waals surface area contributed by atoms with Crippen LogP contribution in [0.1, 0.15) is 5.69 Å². The zero-order valence-corrected chi connectivity index (χ0v) is 7.81. The maximum atomic E-state index is 12.5. The zero-order chi connectivity index (χ0) is 9.90. The van der Waals surface area contributed by atoms with Crippen molar-refractivity contribution in [2.45, 2.75) is 6.54 Å². The summed E-state index contributed by atoms with van der Waals surface area (Å²) in [7, 11) is -3.25. The normalized spacial score (nSPS) is 11.5. The molecular weight excluding hydrogens is 195 g/mol. The molecule has 0 saturated heterocycles. The molecule has 0 aromatic carbocycles. The number of pyridine rings is 1. The molecule has 1 N–H and O–H groups in total. The molecule has 1 heterocycles. The van der Waals surface area contributed by atoms with Gasteiger partial charge >= 0.3 is 0 Å². The predicted molar refractivity (Wildman–Crippen MR) is 45.9 cm³/mol. The summed E-state index contributed by atoms with van der Waals surface area (Å²) in [6.07, 6.45) is 1.03. The van der Waals surface area contributed by atoms with Crippen LogP contribution in [-0.4, -0.2) is 19.7 Å². The minimum atomic E-state index is -3.25. The number of hydrogen-bond donors (Lipinski definition) is 1. The molecule has 72 valence electrons. The molecule has 0 aliphatic carbocycles. The van der Waals surface area contributed by atoms with Crippen molar-refractivity contribution in [2.75, 3.05) is 6.26 Å². The van der Waals surface area contributed by atoms with Crippen molar-refractivity contribution < 1.29 is 12.8 Å². The van der Waals surface area contributed by atoms with Gasteiger partial charge in [0.25, 0.3) is 0 Å². The molecule has 4 nitrogen and oxygen atoms in total. The first-order valence-electron chi connectivity index (χ1n) is 3.53. The Morgan fingerprint density at radius 1 is 1.54 bits per heavy atom. The van der Waals surface area contributed by atoms with E-state index in [1.165, 1.54) is 12.1 Å². The van der Waals surface area contributed by atoms with Crippen LogP contribution < -0.4 is 4.72 Å². The average molecular weight is 204 g/mol. The molecule has 0 spiro atoms. The van der Waals surface area contributed by atoms with E-state index >= 15 is 0 Å². The van der Waals surface area contributed by atoms with E-state index in [2.05, 4.69) is 9.71 Å². The Morgan fingerprint density at radius 2 is 2.23 bits per heavy atom. The van der Waals surface area contributed by atoms with Crippen molar-refractivity contribution in [2.24, 2.45) is 0 Å². The minimum absolute atomic E-state index is 0.0105. The molecule has 13 heavy (non-hydrogen) atoms. The van der Waals surface area contributed by atoms with Crippen molar-refractivity contribution >= 4 is 10.0 Å². The van der Waals surface area contributed by atoms with Gasteiger partial charge in [0.15, 0.2) is 0 Å². The third-order valence-corrected chi connectivity index (χ3v) is 1.96. The fourth-order valence-corrected chi connectivity index (χ4v) is 1.16. The van der Waals surface area contributed by atoms with Gasteiger partial charge in [-0.05, 0) is 12.1 Å². The third-order valence-electron chi connectivity index (χ3n) is 1.29. The summed E-state index contributed by atoms with van der Waals surface area (Å²) in [6, 6.07) is 4.22. The maximum Gasteiger partial charge on any atom is 0.213 e. The SMILES string of the molecule is CS(=O)(=O)NCc1cccc(F)n1. The summed E-state index contributed by atoms with van der Waals surface area (Å²) in [5.41, 5.74) is 0.352. The lowest BCUT2D eigenvalue weighted by atomic mass is 10.3. The predicted octanol–water partition coefficient (Wildman–Crippen LogP) is 0.270. The molecule has 0 amide bonds. The van der Waals surface area contributed by atoms with E-state index in [4.69, 9.17) is 0 Å². The fraction of sp³-hybridized carbons (Fsp3) is 0.286. The second-order valence-corrected chi connectivity index (χ2v) is 4.38. The Balaban J connectivity index is 2.65. The Labute approximate surface area is 75.9 Å². The summed E-state index contributed by atoms with van der Waals surface area (Å²) < 4.78 is 36.0. The second kappa shape index (κ2) is 3.80. The first kappa shape index (κ1) is 10.1. The lowest BCUT2D eigenvalue weighted by Crippen LogP contribution is -2.21. The van der Waals surface area contributed by atoms with Crippen LogP contribution in [-0.2, 0) is 16.6 Å². The Kier molecular flexibility index (Phi) is 2.94. The molecule has 0 bridgehead atoms. The number of aromatic nitrogens is 1. The Morgan fingerprint density at radius 3 is 2.77 bits per heavy atom. The number of sulfonamides is 1. The molecule has 0 aliphatic rings. The molecule has 0 unspecified atom stereocenters. The Hall–Kier alpha value is -1.01. The van der Waals surface area contributed by atoms with Gasteiger partial charge in [-0.1, -0.05) is 6.07 Å². The van der Waals surface area contributed by atoms with E-state index in [0.29, 0.717) is 5.69 Å². The number of nitrogens with zero attached hydrogens (tertiary/aromatic N) is 1. The van der Waals surface area contributed by atoms with Crippen molar-refractivity contribution in [3.8, 4) is 0 Å². The average Bonchev–Trinajstić information content (AvgIpc) is 2.00. The van der Waals surface area contributed by atoms with Gasteiger partial charge in [-0.3, -0.25) is 0 Å². The first-order valence-corrected chi connectivity index (χ1v) is 5.42. The molecule has 0 atom stereocenters. The molecule has 1 aromatic heterocycles. The lowest BCUT2D eigenvalue weighted by Gasteiger charge is -2.00. The van der Waals surface area contributed by atoms with Crippen LogP contribution in [0, 0.1) is 5.95 Å². The second-order valence-electron chi connectivity index (χ2n) is 2.54. The van der Waals surface area contributed by atoms with Gasteiger partial charge in [0, 0.05) is 0 Å². The summed E-state index contributed by atoms with van der Waals surface area (Å²) in [5, 5.41) is 0. The summed E-state index contributed by atoms with van der Waals surface area (Å²) in [6.45, 7) is 0.0105. The van der Waals surface area contributed by atoms with Gasteiger partial charge in [0.05, 0.1) is 18.5 Å². The number of halogens is 1. The maximum absolute atomic E-state index is 12.5. The summed E-state index contributed by atoms with van der Waals surface area (Å²) in [4.78, 5) is 3.48. The number of nitrogens with one attached hydrogen (secondary N) is 1. The molecule has 0 fully saturated rings. The first-order chi connectivity index (χ1) is 5.97.